The van der Waals surface area contributed by atoms with Crippen molar-refractivity contribution in [3.05, 3.63) is 0 Å². The molecule has 2 aliphatic heterocycles. The molecule has 0 spiro atoms. The lowest BCUT2D eigenvalue weighted by Crippen LogP contribution is -2.40. The van der Waals surface area contributed by atoms with Crippen molar-refractivity contribution in [3.8, 4) is 0 Å². The third kappa shape index (κ3) is 2.45. The van der Waals surface area contributed by atoms with E-state index in [1.54, 1.807) is 5.01 Å². The molecule has 0 bridgehead atoms. The van der Waals surface area contributed by atoms with E-state index in [4.69, 9.17) is 0 Å². The van der Waals surface area contributed by atoms with Gasteiger partial charge in [-0.15, -0.1) is 0 Å². The van der Waals surface area contributed by atoms with E-state index in [0.29, 0.717) is 12.5 Å². The molecule has 2 heterocycles. The molecule has 2 saturated heterocycles. The van der Waals surface area contributed by atoms with Crippen molar-refractivity contribution in [2.75, 3.05) is 19.6 Å². The molecule has 0 aromatic carbocycles. The summed E-state index contributed by atoms with van der Waals surface area (Å²) in [5.41, 5.74) is 3.10. The van der Waals surface area contributed by atoms with Crippen LogP contribution >= 0.6 is 0 Å². The van der Waals surface area contributed by atoms with Gasteiger partial charge in [0.05, 0.1) is 0 Å². The van der Waals surface area contributed by atoms with Gasteiger partial charge < -0.3 is 5.32 Å². The molecule has 4 heteroatoms. The molecule has 2 rings (SSSR count). The number of nitrogens with one attached hydrogen (secondary N) is 2. The highest BCUT2D eigenvalue weighted by Crippen LogP contribution is 2.11. The lowest BCUT2D eigenvalue weighted by Gasteiger charge is -2.25. The van der Waals surface area contributed by atoms with Gasteiger partial charge in [0.2, 0.25) is 5.91 Å². The van der Waals surface area contributed by atoms with Crippen molar-refractivity contribution in [1.82, 2.24) is 15.8 Å². The molecule has 0 aromatic rings. The van der Waals surface area contributed by atoms with Crippen LogP contribution in [0.5, 0.6) is 0 Å². The van der Waals surface area contributed by atoms with Gasteiger partial charge in [0.1, 0.15) is 0 Å². The van der Waals surface area contributed by atoms with E-state index in [-0.39, 0.29) is 5.91 Å². The molecule has 2 N–H and O–H groups in total. The molecule has 0 radical (unpaired) electrons. The summed E-state index contributed by atoms with van der Waals surface area (Å²) < 4.78 is 0. The summed E-state index contributed by atoms with van der Waals surface area (Å²) in [6.07, 6.45) is 5.65. The fourth-order valence-electron chi connectivity index (χ4n) is 2.18. The zero-order valence-corrected chi connectivity index (χ0v) is 8.59. The second-order valence-electron chi connectivity index (χ2n) is 4.14. The normalized spacial score (nSPS) is 28.4. The first-order chi connectivity index (χ1) is 6.86. The van der Waals surface area contributed by atoms with Gasteiger partial charge in [-0.25, -0.2) is 5.43 Å². The maximum absolute atomic E-state index is 11.3. The van der Waals surface area contributed by atoms with Crippen LogP contribution in [0.4, 0.5) is 0 Å². The molecule has 1 unspecified atom stereocenters. The second-order valence-corrected chi connectivity index (χ2v) is 4.14. The van der Waals surface area contributed by atoms with Gasteiger partial charge in [-0.1, -0.05) is 6.42 Å². The number of hydrogen-bond acceptors (Lipinski definition) is 3. The first kappa shape index (κ1) is 9.93. The average Bonchev–Trinajstić information content (AvgIpc) is 2.63. The van der Waals surface area contributed by atoms with E-state index in [0.717, 1.165) is 26.1 Å². The number of carbonyl (C=O) groups excluding carboxylic acids is 1. The standard InChI is InChI=1S/C10H19N3O/c14-10-4-7-12-13(10)8-5-9-3-1-2-6-11-9/h9,11-12H,1-8H2. The molecule has 0 saturated carbocycles. The summed E-state index contributed by atoms with van der Waals surface area (Å²) in [5.74, 6) is 0.251. The zero-order chi connectivity index (χ0) is 9.80. The summed E-state index contributed by atoms with van der Waals surface area (Å²) in [4.78, 5) is 11.3. The van der Waals surface area contributed by atoms with Gasteiger partial charge in [-0.05, 0) is 25.8 Å². The highest BCUT2D eigenvalue weighted by atomic mass is 16.2. The second kappa shape index (κ2) is 4.75. The highest BCUT2D eigenvalue weighted by Gasteiger charge is 2.21. The van der Waals surface area contributed by atoms with E-state index >= 15 is 0 Å². The minimum atomic E-state index is 0.251. The van der Waals surface area contributed by atoms with Crippen LogP contribution in [-0.4, -0.2) is 36.6 Å². The Morgan fingerprint density at radius 3 is 2.93 bits per heavy atom. The first-order valence-corrected chi connectivity index (χ1v) is 5.63. The van der Waals surface area contributed by atoms with Gasteiger partial charge in [-0.3, -0.25) is 9.80 Å². The smallest absolute Gasteiger partial charge is 0.238 e. The minimum Gasteiger partial charge on any atom is -0.314 e. The lowest BCUT2D eigenvalue weighted by atomic mass is 10.0. The number of hydrazine groups is 1. The Balaban J connectivity index is 1.68. The number of rotatable bonds is 3. The molecule has 4 nitrogen and oxygen atoms in total. The Morgan fingerprint density at radius 1 is 1.36 bits per heavy atom. The SMILES string of the molecule is O=C1CCNN1CCC1CCCCN1. The van der Waals surface area contributed by atoms with Crippen molar-refractivity contribution in [3.63, 3.8) is 0 Å². The molecule has 2 aliphatic rings. The molecule has 1 amide bonds. The Morgan fingerprint density at radius 2 is 2.29 bits per heavy atom. The van der Waals surface area contributed by atoms with Crippen molar-refractivity contribution in [2.24, 2.45) is 0 Å². The van der Waals surface area contributed by atoms with Crippen molar-refractivity contribution in [2.45, 2.75) is 38.1 Å². The topological polar surface area (TPSA) is 44.4 Å². The zero-order valence-electron chi connectivity index (χ0n) is 8.59. The molecular formula is C10H19N3O. The van der Waals surface area contributed by atoms with Gasteiger partial charge in [-0.2, -0.15) is 0 Å². The average molecular weight is 197 g/mol. The number of piperidine rings is 1. The highest BCUT2D eigenvalue weighted by molar-refractivity contribution is 5.77. The summed E-state index contributed by atoms with van der Waals surface area (Å²) in [6, 6.07) is 0.624. The Kier molecular flexibility index (Phi) is 3.37. The monoisotopic (exact) mass is 197 g/mol. The third-order valence-corrected chi connectivity index (χ3v) is 3.06. The van der Waals surface area contributed by atoms with Gasteiger partial charge in [0, 0.05) is 25.6 Å². The van der Waals surface area contributed by atoms with Crippen LogP contribution in [-0.2, 0) is 4.79 Å². The Hall–Kier alpha value is -0.610. The van der Waals surface area contributed by atoms with E-state index in [1.165, 1.54) is 19.3 Å². The number of amides is 1. The van der Waals surface area contributed by atoms with E-state index in [9.17, 15) is 4.79 Å². The van der Waals surface area contributed by atoms with Crippen molar-refractivity contribution >= 4 is 5.91 Å². The van der Waals surface area contributed by atoms with Crippen LogP contribution in [0.2, 0.25) is 0 Å². The Labute approximate surface area is 85.0 Å². The molecule has 2 fully saturated rings. The van der Waals surface area contributed by atoms with Crippen LogP contribution in [0.3, 0.4) is 0 Å². The summed E-state index contributed by atoms with van der Waals surface area (Å²) in [6.45, 7) is 2.82. The number of nitrogens with zero attached hydrogens (tertiary/aromatic N) is 1. The van der Waals surface area contributed by atoms with Gasteiger partial charge in [0.15, 0.2) is 0 Å². The van der Waals surface area contributed by atoms with Crippen LogP contribution in [0, 0.1) is 0 Å². The van der Waals surface area contributed by atoms with Crippen LogP contribution < -0.4 is 10.7 Å². The van der Waals surface area contributed by atoms with Crippen LogP contribution in [0.1, 0.15) is 32.1 Å². The predicted molar refractivity (Wildman–Crippen MR) is 54.6 cm³/mol. The molecule has 0 aliphatic carbocycles. The molecule has 14 heavy (non-hydrogen) atoms. The summed E-state index contributed by atoms with van der Waals surface area (Å²) >= 11 is 0. The quantitative estimate of drug-likeness (QED) is 0.682. The predicted octanol–water partition coefficient (Wildman–Crippen LogP) is 0.255. The summed E-state index contributed by atoms with van der Waals surface area (Å²) in [7, 11) is 0. The largest absolute Gasteiger partial charge is 0.314 e. The maximum Gasteiger partial charge on any atom is 0.238 e. The maximum atomic E-state index is 11.3. The fourth-order valence-corrected chi connectivity index (χ4v) is 2.18. The van der Waals surface area contributed by atoms with E-state index in [1.807, 2.05) is 0 Å². The minimum absolute atomic E-state index is 0.251. The van der Waals surface area contributed by atoms with Crippen molar-refractivity contribution in [1.29, 1.82) is 0 Å². The van der Waals surface area contributed by atoms with E-state index in [2.05, 4.69) is 10.7 Å². The fraction of sp³-hybridized carbons (Fsp3) is 0.900. The molecule has 80 valence electrons. The molecular weight excluding hydrogens is 178 g/mol. The Bertz CT molecular complexity index is 202. The molecule has 0 aromatic heterocycles. The number of hydrogen-bond donors (Lipinski definition) is 2. The third-order valence-electron chi connectivity index (χ3n) is 3.06. The lowest BCUT2D eigenvalue weighted by molar-refractivity contribution is -0.129. The summed E-state index contributed by atoms with van der Waals surface area (Å²) in [5, 5.41) is 5.27. The van der Waals surface area contributed by atoms with Crippen LogP contribution in [0.15, 0.2) is 0 Å². The van der Waals surface area contributed by atoms with Crippen molar-refractivity contribution < 1.29 is 4.79 Å². The molecule has 1 atom stereocenters. The van der Waals surface area contributed by atoms with Crippen LogP contribution in [0.25, 0.3) is 0 Å². The van der Waals surface area contributed by atoms with Gasteiger partial charge in [0.25, 0.3) is 0 Å². The first-order valence-electron chi connectivity index (χ1n) is 5.63. The van der Waals surface area contributed by atoms with Gasteiger partial charge >= 0.3 is 0 Å². The number of carbonyl (C=O) groups is 1. The van der Waals surface area contributed by atoms with E-state index < -0.39 is 0 Å².